The number of hydrogen-bond donors (Lipinski definition) is 1. The van der Waals surface area contributed by atoms with Crippen LogP contribution < -0.4 is 5.32 Å². The molecule has 1 nitrogen and oxygen atoms in total. The Morgan fingerprint density at radius 3 is 2.67 bits per heavy atom. The third-order valence-corrected chi connectivity index (χ3v) is 5.38. The maximum Gasteiger partial charge on any atom is 0.0356 e. The van der Waals surface area contributed by atoms with Gasteiger partial charge in [0.1, 0.15) is 0 Å². The zero-order chi connectivity index (χ0) is 15.5. The van der Waals surface area contributed by atoms with E-state index in [2.05, 4.69) is 58.1 Å². The lowest BCUT2D eigenvalue weighted by Gasteiger charge is -2.44. The molecule has 1 saturated carbocycles. The van der Waals surface area contributed by atoms with Crippen LogP contribution in [0.2, 0.25) is 0 Å². The first-order valence-corrected chi connectivity index (χ1v) is 8.76. The van der Waals surface area contributed by atoms with E-state index < -0.39 is 0 Å². The van der Waals surface area contributed by atoms with Gasteiger partial charge < -0.3 is 5.32 Å². The summed E-state index contributed by atoms with van der Waals surface area (Å²) in [6.45, 7) is 12.8. The number of rotatable bonds is 5. The van der Waals surface area contributed by atoms with Gasteiger partial charge in [0.25, 0.3) is 0 Å². The van der Waals surface area contributed by atoms with Gasteiger partial charge in [0.2, 0.25) is 0 Å². The molecule has 0 amide bonds. The highest BCUT2D eigenvalue weighted by molar-refractivity contribution is 5.34. The van der Waals surface area contributed by atoms with E-state index in [1.54, 1.807) is 0 Å². The molecule has 2 unspecified atom stereocenters. The molecule has 0 aromatic heterocycles. The Bertz CT molecular complexity index is 461. The van der Waals surface area contributed by atoms with Gasteiger partial charge in [0, 0.05) is 6.04 Å². The van der Waals surface area contributed by atoms with E-state index in [1.165, 1.54) is 48.8 Å². The third kappa shape index (κ3) is 3.88. The lowest BCUT2D eigenvalue weighted by molar-refractivity contribution is 0.0979. The Morgan fingerprint density at radius 1 is 1.24 bits per heavy atom. The molecule has 1 fully saturated rings. The van der Waals surface area contributed by atoms with Gasteiger partial charge in [-0.25, -0.2) is 0 Å². The van der Waals surface area contributed by atoms with Gasteiger partial charge in [0.15, 0.2) is 0 Å². The van der Waals surface area contributed by atoms with Crippen LogP contribution in [0.5, 0.6) is 0 Å². The van der Waals surface area contributed by atoms with Crippen molar-refractivity contribution in [3.05, 3.63) is 34.9 Å². The molecule has 2 atom stereocenters. The third-order valence-electron chi connectivity index (χ3n) is 5.38. The predicted octanol–water partition coefficient (Wildman–Crippen LogP) is 5.56. The van der Waals surface area contributed by atoms with E-state index in [-0.39, 0.29) is 0 Å². The standard InChI is InChI=1S/C20H33N/c1-6-13-21-19(17-14-15(2)10-11-16(17)3)18-9-7-8-12-20(18,4)5/h10-11,14,18-19,21H,6-9,12-13H2,1-5H3. The van der Waals surface area contributed by atoms with Crippen molar-refractivity contribution in [1.82, 2.24) is 5.32 Å². The molecular formula is C20H33N. The second-order valence-electron chi connectivity index (χ2n) is 7.63. The molecule has 0 heterocycles. The van der Waals surface area contributed by atoms with Crippen molar-refractivity contribution >= 4 is 0 Å². The highest BCUT2D eigenvalue weighted by Gasteiger charge is 2.38. The van der Waals surface area contributed by atoms with Crippen molar-refractivity contribution in [3.63, 3.8) is 0 Å². The van der Waals surface area contributed by atoms with Crippen LogP contribution >= 0.6 is 0 Å². The van der Waals surface area contributed by atoms with E-state index in [1.807, 2.05) is 0 Å². The predicted molar refractivity (Wildman–Crippen MR) is 92.7 cm³/mol. The second kappa shape index (κ2) is 6.96. The first kappa shape index (κ1) is 16.5. The van der Waals surface area contributed by atoms with E-state index in [0.717, 1.165) is 12.5 Å². The SMILES string of the molecule is CCCNC(c1cc(C)ccc1C)C1CCCCC1(C)C. The minimum absolute atomic E-state index is 0.444. The van der Waals surface area contributed by atoms with E-state index in [0.29, 0.717) is 11.5 Å². The van der Waals surface area contributed by atoms with Crippen LogP contribution in [0.4, 0.5) is 0 Å². The normalized spacial score (nSPS) is 23.0. The highest BCUT2D eigenvalue weighted by Crippen LogP contribution is 2.47. The van der Waals surface area contributed by atoms with Crippen LogP contribution in [0.1, 0.15) is 75.6 Å². The first-order valence-electron chi connectivity index (χ1n) is 8.76. The average Bonchev–Trinajstić information content (AvgIpc) is 2.44. The van der Waals surface area contributed by atoms with E-state index in [4.69, 9.17) is 0 Å². The Morgan fingerprint density at radius 2 is 2.00 bits per heavy atom. The van der Waals surface area contributed by atoms with Crippen LogP contribution in [0.15, 0.2) is 18.2 Å². The lowest BCUT2D eigenvalue weighted by Crippen LogP contribution is -2.39. The number of benzene rings is 1. The zero-order valence-electron chi connectivity index (χ0n) is 14.6. The lowest BCUT2D eigenvalue weighted by atomic mass is 9.64. The smallest absolute Gasteiger partial charge is 0.0356 e. The molecular weight excluding hydrogens is 254 g/mol. The van der Waals surface area contributed by atoms with Crippen molar-refractivity contribution in [1.29, 1.82) is 0 Å². The summed E-state index contributed by atoms with van der Waals surface area (Å²) in [6, 6.07) is 7.45. The highest BCUT2D eigenvalue weighted by atomic mass is 14.9. The molecule has 1 aromatic carbocycles. The average molecular weight is 287 g/mol. The van der Waals surface area contributed by atoms with Gasteiger partial charge >= 0.3 is 0 Å². The minimum atomic E-state index is 0.444. The van der Waals surface area contributed by atoms with Crippen molar-refractivity contribution in [3.8, 4) is 0 Å². The topological polar surface area (TPSA) is 12.0 Å². The zero-order valence-corrected chi connectivity index (χ0v) is 14.6. The number of nitrogens with one attached hydrogen (secondary N) is 1. The molecule has 21 heavy (non-hydrogen) atoms. The summed E-state index contributed by atoms with van der Waals surface area (Å²) in [5, 5.41) is 3.88. The van der Waals surface area contributed by atoms with Gasteiger partial charge in [-0.2, -0.15) is 0 Å². The van der Waals surface area contributed by atoms with Gasteiger partial charge in [-0.05, 0) is 62.1 Å². The molecule has 0 aliphatic heterocycles. The fourth-order valence-corrected chi connectivity index (χ4v) is 4.00. The number of aryl methyl sites for hydroxylation is 2. The summed E-state index contributed by atoms with van der Waals surface area (Å²) in [6.07, 6.45) is 6.73. The summed E-state index contributed by atoms with van der Waals surface area (Å²) < 4.78 is 0. The Hall–Kier alpha value is -0.820. The maximum absolute atomic E-state index is 3.88. The minimum Gasteiger partial charge on any atom is -0.310 e. The Labute approximate surface area is 131 Å². The molecule has 2 rings (SSSR count). The largest absolute Gasteiger partial charge is 0.310 e. The summed E-state index contributed by atoms with van der Waals surface area (Å²) in [5.74, 6) is 0.748. The Kier molecular flexibility index (Phi) is 5.48. The number of hydrogen-bond acceptors (Lipinski definition) is 1. The van der Waals surface area contributed by atoms with Crippen LogP contribution in [-0.2, 0) is 0 Å². The molecule has 0 radical (unpaired) electrons. The maximum atomic E-state index is 3.88. The summed E-state index contributed by atoms with van der Waals surface area (Å²) >= 11 is 0. The van der Waals surface area contributed by atoms with Gasteiger partial charge in [-0.3, -0.25) is 0 Å². The summed E-state index contributed by atoms with van der Waals surface area (Å²) in [5.41, 5.74) is 4.80. The molecule has 1 N–H and O–H groups in total. The molecule has 0 spiro atoms. The van der Waals surface area contributed by atoms with Gasteiger partial charge in [-0.1, -0.05) is 57.4 Å². The van der Waals surface area contributed by atoms with E-state index in [9.17, 15) is 0 Å². The van der Waals surface area contributed by atoms with Crippen molar-refractivity contribution in [2.45, 2.75) is 72.8 Å². The monoisotopic (exact) mass is 287 g/mol. The molecule has 1 aromatic rings. The Balaban J connectivity index is 2.35. The molecule has 0 bridgehead atoms. The molecule has 1 aliphatic carbocycles. The van der Waals surface area contributed by atoms with Gasteiger partial charge in [-0.15, -0.1) is 0 Å². The molecule has 0 saturated heterocycles. The van der Waals surface area contributed by atoms with Crippen LogP contribution in [0.25, 0.3) is 0 Å². The summed E-state index contributed by atoms with van der Waals surface area (Å²) in [7, 11) is 0. The van der Waals surface area contributed by atoms with Crippen molar-refractivity contribution in [2.24, 2.45) is 11.3 Å². The molecule has 1 heteroatoms. The molecule has 1 aliphatic rings. The second-order valence-corrected chi connectivity index (χ2v) is 7.63. The fourth-order valence-electron chi connectivity index (χ4n) is 4.00. The fraction of sp³-hybridized carbons (Fsp3) is 0.700. The molecule has 118 valence electrons. The van der Waals surface area contributed by atoms with Crippen molar-refractivity contribution < 1.29 is 0 Å². The first-order chi connectivity index (χ1) is 9.95. The van der Waals surface area contributed by atoms with Crippen LogP contribution in [0, 0.1) is 25.2 Å². The van der Waals surface area contributed by atoms with Gasteiger partial charge in [0.05, 0.1) is 0 Å². The van der Waals surface area contributed by atoms with Crippen LogP contribution in [0.3, 0.4) is 0 Å². The quantitative estimate of drug-likeness (QED) is 0.747. The summed E-state index contributed by atoms with van der Waals surface area (Å²) in [4.78, 5) is 0. The van der Waals surface area contributed by atoms with Crippen molar-refractivity contribution in [2.75, 3.05) is 6.54 Å². The van der Waals surface area contributed by atoms with Crippen LogP contribution in [-0.4, -0.2) is 6.54 Å². The van der Waals surface area contributed by atoms with E-state index >= 15 is 0 Å².